The molecule has 2 N–H and O–H groups in total. The largest absolute Gasteiger partial charge is 0.367 e. The Bertz CT molecular complexity index is 1100. The van der Waals surface area contributed by atoms with Crippen LogP contribution in [0.2, 0.25) is 10.0 Å². The summed E-state index contributed by atoms with van der Waals surface area (Å²) in [5.41, 5.74) is 6.16. The van der Waals surface area contributed by atoms with Crippen molar-refractivity contribution < 1.29 is 9.90 Å². The minimum Gasteiger partial charge on any atom is -0.367 e. The van der Waals surface area contributed by atoms with E-state index in [1.807, 2.05) is 29.2 Å². The number of carbonyl (C=O) groups is 1. The van der Waals surface area contributed by atoms with Crippen molar-refractivity contribution >= 4 is 40.6 Å². The van der Waals surface area contributed by atoms with E-state index in [9.17, 15) is 9.90 Å². The molecule has 0 aromatic heterocycles. The van der Waals surface area contributed by atoms with Crippen LogP contribution in [0.3, 0.4) is 0 Å². The van der Waals surface area contributed by atoms with E-state index in [0.29, 0.717) is 38.3 Å². The molecule has 3 heterocycles. The summed E-state index contributed by atoms with van der Waals surface area (Å²) in [5, 5.41) is 15.1. The zero-order valence-corrected chi connectivity index (χ0v) is 18.1. The molecule has 5 rings (SSSR count). The lowest BCUT2D eigenvalue weighted by Gasteiger charge is -2.31. The summed E-state index contributed by atoms with van der Waals surface area (Å²) in [4.78, 5) is 19.4. The van der Waals surface area contributed by atoms with Gasteiger partial charge in [-0.25, -0.2) is 14.8 Å². The second-order valence-electron chi connectivity index (χ2n) is 7.68. The van der Waals surface area contributed by atoms with Gasteiger partial charge in [0, 0.05) is 34.3 Å². The lowest BCUT2D eigenvalue weighted by atomic mass is 10.0. The maximum absolute atomic E-state index is 13.0. The third-order valence-electron chi connectivity index (χ3n) is 5.66. The highest BCUT2D eigenvalue weighted by Crippen LogP contribution is 2.36. The van der Waals surface area contributed by atoms with Crippen molar-refractivity contribution in [2.45, 2.75) is 25.5 Å². The van der Waals surface area contributed by atoms with Gasteiger partial charge in [0.05, 0.1) is 17.6 Å². The van der Waals surface area contributed by atoms with Crippen LogP contribution in [-0.4, -0.2) is 46.1 Å². The Kier molecular flexibility index (Phi) is 5.35. The number of hydrazine groups is 2. The van der Waals surface area contributed by atoms with Crippen molar-refractivity contribution in [3.8, 4) is 0 Å². The van der Waals surface area contributed by atoms with Crippen LogP contribution in [0, 0.1) is 0 Å². The number of hydrogen-bond acceptors (Lipinski definition) is 5. The predicted molar refractivity (Wildman–Crippen MR) is 121 cm³/mol. The Balaban J connectivity index is 1.58. The first kappa shape index (κ1) is 20.3. The van der Waals surface area contributed by atoms with Crippen LogP contribution in [0.25, 0.3) is 0 Å². The summed E-state index contributed by atoms with van der Waals surface area (Å²) in [5.74, 6) is 0. The molecule has 0 bridgehead atoms. The molecule has 9 heteroatoms. The molecule has 0 spiro atoms. The number of benzene rings is 2. The molecule has 1 atom stereocenters. The fraction of sp³-hybridized carbons (Fsp3) is 0.273. The Morgan fingerprint density at radius 2 is 1.84 bits per heavy atom. The van der Waals surface area contributed by atoms with Crippen LogP contribution in [0.4, 0.5) is 10.5 Å². The van der Waals surface area contributed by atoms with Crippen LogP contribution in [0.1, 0.15) is 30.4 Å². The van der Waals surface area contributed by atoms with Gasteiger partial charge in [0.2, 0.25) is 0 Å². The fourth-order valence-electron chi connectivity index (χ4n) is 4.11. The average Bonchev–Trinajstić information content (AvgIpc) is 3.19. The maximum atomic E-state index is 13.0. The van der Waals surface area contributed by atoms with Crippen molar-refractivity contribution in [3.05, 3.63) is 75.5 Å². The molecule has 0 radical (unpaired) electrons. The number of halogens is 2. The number of aliphatic hydroxyl groups is 1. The number of piperidine rings is 1. The lowest BCUT2D eigenvalue weighted by Crippen LogP contribution is -2.50. The summed E-state index contributed by atoms with van der Waals surface area (Å²) >= 11 is 12.7. The molecule has 2 aromatic carbocycles. The molecule has 1 fully saturated rings. The van der Waals surface area contributed by atoms with Crippen LogP contribution < -0.4 is 10.5 Å². The van der Waals surface area contributed by atoms with E-state index >= 15 is 0 Å². The minimum absolute atomic E-state index is 0.154. The van der Waals surface area contributed by atoms with E-state index in [1.165, 1.54) is 5.01 Å². The van der Waals surface area contributed by atoms with Crippen molar-refractivity contribution in [2.24, 2.45) is 4.99 Å². The van der Waals surface area contributed by atoms with E-state index in [2.05, 4.69) is 10.5 Å². The molecule has 1 saturated heterocycles. The molecule has 3 aliphatic heterocycles. The monoisotopic (exact) mass is 457 g/mol. The average molecular weight is 458 g/mol. The van der Waals surface area contributed by atoms with Crippen LogP contribution in [0.5, 0.6) is 0 Å². The molecule has 0 saturated carbocycles. The zero-order chi connectivity index (χ0) is 21.5. The van der Waals surface area contributed by atoms with Gasteiger partial charge < -0.3 is 10.0 Å². The smallest absolute Gasteiger partial charge is 0.340 e. The summed E-state index contributed by atoms with van der Waals surface area (Å²) in [7, 11) is 0. The highest BCUT2D eigenvalue weighted by atomic mass is 35.5. The number of anilines is 1. The Morgan fingerprint density at radius 3 is 2.61 bits per heavy atom. The molecule has 0 aliphatic carbocycles. The molecule has 2 amide bonds. The van der Waals surface area contributed by atoms with Gasteiger partial charge in [0.1, 0.15) is 5.70 Å². The highest BCUT2D eigenvalue weighted by molar-refractivity contribution is 6.36. The second kappa shape index (κ2) is 8.16. The van der Waals surface area contributed by atoms with Crippen LogP contribution >= 0.6 is 23.2 Å². The molecule has 1 unspecified atom stereocenters. The van der Waals surface area contributed by atoms with Gasteiger partial charge in [0.15, 0.2) is 6.23 Å². The van der Waals surface area contributed by atoms with Crippen LogP contribution in [-0.2, 0) is 0 Å². The first-order valence-corrected chi connectivity index (χ1v) is 11.0. The predicted octanol–water partition coefficient (Wildman–Crippen LogP) is 4.15. The number of rotatable bonds is 1. The molecular formula is C22H21Cl2N5O2. The lowest BCUT2D eigenvalue weighted by molar-refractivity contribution is 0.147. The normalized spacial score (nSPS) is 20.6. The molecule has 31 heavy (non-hydrogen) atoms. The quantitative estimate of drug-likeness (QED) is 0.674. The van der Waals surface area contributed by atoms with Gasteiger partial charge >= 0.3 is 6.03 Å². The number of aliphatic imine (C=N–C) groups is 1. The van der Waals surface area contributed by atoms with Gasteiger partial charge in [-0.15, -0.1) is 5.53 Å². The number of urea groups is 1. The second-order valence-corrected chi connectivity index (χ2v) is 8.53. The van der Waals surface area contributed by atoms with Crippen molar-refractivity contribution in [3.63, 3.8) is 0 Å². The van der Waals surface area contributed by atoms with Gasteiger partial charge in [-0.1, -0.05) is 41.4 Å². The Morgan fingerprint density at radius 1 is 1.06 bits per heavy atom. The highest BCUT2D eigenvalue weighted by Gasteiger charge is 2.36. The van der Waals surface area contributed by atoms with Gasteiger partial charge in [-0.05, 0) is 43.5 Å². The first-order valence-electron chi connectivity index (χ1n) is 10.2. The number of hydrogen-bond donors (Lipinski definition) is 2. The minimum atomic E-state index is -1.20. The van der Waals surface area contributed by atoms with E-state index < -0.39 is 6.23 Å². The van der Waals surface area contributed by atoms with Gasteiger partial charge in [-0.3, -0.25) is 5.01 Å². The molecule has 2 aromatic rings. The molecular weight excluding hydrogens is 437 g/mol. The molecule has 3 aliphatic rings. The zero-order valence-electron chi connectivity index (χ0n) is 16.6. The molecule has 160 valence electrons. The van der Waals surface area contributed by atoms with Crippen molar-refractivity contribution in [1.82, 2.24) is 15.4 Å². The van der Waals surface area contributed by atoms with E-state index in [-0.39, 0.29) is 6.03 Å². The van der Waals surface area contributed by atoms with Gasteiger partial charge in [-0.2, -0.15) is 0 Å². The summed E-state index contributed by atoms with van der Waals surface area (Å²) in [6, 6.07) is 12.5. The maximum Gasteiger partial charge on any atom is 0.340 e. The standard InChI is InChI=1S/C22H21Cl2N5O2/c23-14-8-9-18-16(12-14)20(15-6-2-3-7-17(15)24)25-21(30)19-13-28(26-29(18)19)22(31)27-10-4-1-5-11-27/h2-3,6-9,12-13,21,26,30H,1,4-5,10-11H2. The summed E-state index contributed by atoms with van der Waals surface area (Å²) in [6.07, 6.45) is 3.52. The fourth-order valence-corrected chi connectivity index (χ4v) is 4.51. The van der Waals surface area contributed by atoms with E-state index in [0.717, 1.165) is 32.4 Å². The van der Waals surface area contributed by atoms with Gasteiger partial charge in [0.25, 0.3) is 0 Å². The third-order valence-corrected chi connectivity index (χ3v) is 6.22. The Hall–Kier alpha value is -2.58. The number of nitrogens with one attached hydrogen (secondary N) is 1. The number of carbonyl (C=O) groups excluding carboxylic acids is 1. The number of amides is 2. The SMILES string of the molecule is O=C(N1CCCCC1)N1C=C2C(O)N=C(c3ccccc3Cl)c3cc(Cl)ccc3N2N1. The van der Waals surface area contributed by atoms with Crippen molar-refractivity contribution in [1.29, 1.82) is 0 Å². The van der Waals surface area contributed by atoms with Crippen molar-refractivity contribution in [2.75, 3.05) is 18.1 Å². The number of nitrogens with zero attached hydrogens (tertiary/aromatic N) is 4. The number of aliphatic hydroxyl groups excluding tert-OH is 1. The van der Waals surface area contributed by atoms with E-state index in [1.54, 1.807) is 29.4 Å². The topological polar surface area (TPSA) is 71.4 Å². The number of fused-ring (bicyclic) bond motifs is 3. The third kappa shape index (κ3) is 3.68. The summed E-state index contributed by atoms with van der Waals surface area (Å²) in [6.45, 7) is 1.45. The first-order chi connectivity index (χ1) is 15.0. The summed E-state index contributed by atoms with van der Waals surface area (Å²) < 4.78 is 0. The van der Waals surface area contributed by atoms with E-state index in [4.69, 9.17) is 23.2 Å². The molecule has 7 nitrogen and oxygen atoms in total. The number of likely N-dealkylation sites (tertiary alicyclic amines) is 1. The Labute approximate surface area is 190 Å². The van der Waals surface area contributed by atoms with Crippen LogP contribution in [0.15, 0.2) is 59.4 Å².